The van der Waals surface area contributed by atoms with Gasteiger partial charge in [-0.25, -0.2) is 0 Å². The minimum atomic E-state index is 0. The number of nitrogens with one attached hydrogen (secondary N) is 2. The van der Waals surface area contributed by atoms with Crippen LogP contribution >= 0.6 is 12.4 Å². The monoisotopic (exact) mass is 277 g/mol. The maximum Gasteiger partial charge on any atom is 0.234 e. The number of carbonyl (C=O) groups is 1. The topological polar surface area (TPSA) is 44.4 Å². The van der Waals surface area contributed by atoms with Gasteiger partial charge in [0.15, 0.2) is 0 Å². The molecular formula is C13H28ClN3O. The predicted molar refractivity (Wildman–Crippen MR) is 78.3 cm³/mol. The van der Waals surface area contributed by atoms with E-state index in [1.807, 2.05) is 0 Å². The van der Waals surface area contributed by atoms with Crippen molar-refractivity contribution >= 4 is 18.3 Å². The van der Waals surface area contributed by atoms with Crippen LogP contribution in [0.25, 0.3) is 0 Å². The molecule has 1 aliphatic heterocycles. The van der Waals surface area contributed by atoms with Crippen molar-refractivity contribution in [2.75, 3.05) is 39.3 Å². The molecule has 0 aromatic carbocycles. The van der Waals surface area contributed by atoms with Gasteiger partial charge in [0.2, 0.25) is 5.91 Å². The van der Waals surface area contributed by atoms with Crippen LogP contribution < -0.4 is 10.6 Å². The highest BCUT2D eigenvalue weighted by atomic mass is 35.5. The molecule has 1 amide bonds. The van der Waals surface area contributed by atoms with Crippen LogP contribution in [0.15, 0.2) is 0 Å². The molecule has 1 fully saturated rings. The Balaban J connectivity index is 0.00000289. The lowest BCUT2D eigenvalue weighted by Crippen LogP contribution is -2.39. The number of carbonyl (C=O) groups excluding carboxylic acids is 1. The summed E-state index contributed by atoms with van der Waals surface area (Å²) in [7, 11) is 0. The SMILES string of the molecule is CC(C)(C)CCNC(=O)CN1CCCNCC1.Cl. The molecule has 0 spiro atoms. The van der Waals surface area contributed by atoms with Gasteiger partial charge < -0.3 is 10.6 Å². The smallest absolute Gasteiger partial charge is 0.234 e. The van der Waals surface area contributed by atoms with Crippen molar-refractivity contribution in [3.63, 3.8) is 0 Å². The summed E-state index contributed by atoms with van der Waals surface area (Å²) in [6.45, 7) is 12.0. The van der Waals surface area contributed by atoms with Crippen molar-refractivity contribution in [1.82, 2.24) is 15.5 Å². The quantitative estimate of drug-likeness (QED) is 0.813. The Morgan fingerprint density at radius 3 is 2.67 bits per heavy atom. The fraction of sp³-hybridized carbons (Fsp3) is 0.923. The number of amides is 1. The average Bonchev–Trinajstić information content (AvgIpc) is 2.44. The van der Waals surface area contributed by atoms with Crippen LogP contribution in [0.2, 0.25) is 0 Å². The highest BCUT2D eigenvalue weighted by molar-refractivity contribution is 5.85. The Morgan fingerprint density at radius 1 is 1.28 bits per heavy atom. The van der Waals surface area contributed by atoms with Crippen LogP contribution in [0.1, 0.15) is 33.6 Å². The third kappa shape index (κ3) is 8.72. The Morgan fingerprint density at radius 2 is 2.00 bits per heavy atom. The van der Waals surface area contributed by atoms with Crippen LogP contribution in [0.3, 0.4) is 0 Å². The Kier molecular flexibility index (Phi) is 8.57. The van der Waals surface area contributed by atoms with Crippen LogP contribution in [0.5, 0.6) is 0 Å². The fourth-order valence-corrected chi connectivity index (χ4v) is 1.90. The van der Waals surface area contributed by atoms with Gasteiger partial charge >= 0.3 is 0 Å². The molecule has 0 saturated carbocycles. The third-order valence-electron chi connectivity index (χ3n) is 3.00. The molecule has 0 radical (unpaired) electrons. The maximum absolute atomic E-state index is 11.7. The number of halogens is 1. The van der Waals surface area contributed by atoms with Crippen molar-refractivity contribution in [1.29, 1.82) is 0 Å². The van der Waals surface area contributed by atoms with Crippen molar-refractivity contribution in [2.45, 2.75) is 33.6 Å². The maximum atomic E-state index is 11.7. The zero-order valence-corrected chi connectivity index (χ0v) is 12.7. The van der Waals surface area contributed by atoms with E-state index in [-0.39, 0.29) is 18.3 Å². The highest BCUT2D eigenvalue weighted by Gasteiger charge is 2.14. The second kappa shape index (κ2) is 8.73. The first-order valence-electron chi connectivity index (χ1n) is 6.67. The highest BCUT2D eigenvalue weighted by Crippen LogP contribution is 2.16. The van der Waals surface area contributed by atoms with Crippen LogP contribution in [0.4, 0.5) is 0 Å². The molecule has 0 aromatic heterocycles. The molecule has 0 aliphatic carbocycles. The molecular weight excluding hydrogens is 250 g/mol. The van der Waals surface area contributed by atoms with E-state index < -0.39 is 0 Å². The van der Waals surface area contributed by atoms with E-state index in [1.54, 1.807) is 0 Å². The fourth-order valence-electron chi connectivity index (χ4n) is 1.90. The number of hydrogen-bond acceptors (Lipinski definition) is 3. The van der Waals surface area contributed by atoms with Gasteiger partial charge in [-0.3, -0.25) is 9.69 Å². The first-order valence-corrected chi connectivity index (χ1v) is 6.67. The van der Waals surface area contributed by atoms with E-state index >= 15 is 0 Å². The second-order valence-electron chi connectivity index (χ2n) is 6.04. The summed E-state index contributed by atoms with van der Waals surface area (Å²) in [5.41, 5.74) is 0.291. The summed E-state index contributed by atoms with van der Waals surface area (Å²) in [6, 6.07) is 0. The second-order valence-corrected chi connectivity index (χ2v) is 6.04. The first-order chi connectivity index (χ1) is 7.97. The van der Waals surface area contributed by atoms with E-state index in [1.165, 1.54) is 0 Å². The van der Waals surface area contributed by atoms with Gasteiger partial charge in [0.25, 0.3) is 0 Å². The minimum Gasteiger partial charge on any atom is -0.355 e. The van der Waals surface area contributed by atoms with Crippen LogP contribution in [0, 0.1) is 5.41 Å². The van der Waals surface area contributed by atoms with Gasteiger partial charge in [0, 0.05) is 19.6 Å². The lowest BCUT2D eigenvalue weighted by molar-refractivity contribution is -0.122. The number of hydrogen-bond donors (Lipinski definition) is 2. The molecule has 1 heterocycles. The van der Waals surface area contributed by atoms with Gasteiger partial charge in [0.1, 0.15) is 0 Å². The van der Waals surface area contributed by atoms with E-state index in [2.05, 4.69) is 36.3 Å². The van der Waals surface area contributed by atoms with Crippen LogP contribution in [-0.4, -0.2) is 50.1 Å². The van der Waals surface area contributed by atoms with Gasteiger partial charge in [0.05, 0.1) is 6.54 Å². The molecule has 1 aliphatic rings. The van der Waals surface area contributed by atoms with Crippen molar-refractivity contribution in [3.05, 3.63) is 0 Å². The zero-order valence-electron chi connectivity index (χ0n) is 11.9. The summed E-state index contributed by atoms with van der Waals surface area (Å²) in [4.78, 5) is 14.0. The largest absolute Gasteiger partial charge is 0.355 e. The molecule has 0 unspecified atom stereocenters. The van der Waals surface area contributed by atoms with Crippen molar-refractivity contribution in [3.8, 4) is 0 Å². The molecule has 108 valence electrons. The van der Waals surface area contributed by atoms with Crippen molar-refractivity contribution < 1.29 is 4.79 Å². The minimum absolute atomic E-state index is 0. The molecule has 0 atom stereocenters. The van der Waals surface area contributed by atoms with Crippen molar-refractivity contribution in [2.24, 2.45) is 5.41 Å². The summed E-state index contributed by atoms with van der Waals surface area (Å²) in [6.07, 6.45) is 2.16. The molecule has 4 nitrogen and oxygen atoms in total. The van der Waals surface area contributed by atoms with Gasteiger partial charge in [-0.2, -0.15) is 0 Å². The van der Waals surface area contributed by atoms with E-state index in [0.717, 1.165) is 45.6 Å². The predicted octanol–water partition coefficient (Wildman–Crippen LogP) is 1.26. The summed E-state index contributed by atoms with van der Waals surface area (Å²) in [5, 5.41) is 6.35. The summed E-state index contributed by atoms with van der Waals surface area (Å²) < 4.78 is 0. The molecule has 1 saturated heterocycles. The van der Waals surface area contributed by atoms with E-state index in [0.29, 0.717) is 12.0 Å². The number of nitrogens with zero attached hydrogens (tertiary/aromatic N) is 1. The molecule has 5 heteroatoms. The molecule has 18 heavy (non-hydrogen) atoms. The average molecular weight is 278 g/mol. The standard InChI is InChI=1S/C13H27N3O.ClH/c1-13(2,3)5-7-15-12(17)11-16-9-4-6-14-8-10-16;/h14H,4-11H2,1-3H3,(H,15,17);1H. The molecule has 0 bridgehead atoms. The Labute approximate surface area is 117 Å². The van der Waals surface area contributed by atoms with Gasteiger partial charge in [-0.15, -0.1) is 12.4 Å². The normalized spacial score (nSPS) is 17.7. The summed E-state index contributed by atoms with van der Waals surface area (Å²) in [5.74, 6) is 0.163. The lowest BCUT2D eigenvalue weighted by atomic mass is 9.92. The lowest BCUT2D eigenvalue weighted by Gasteiger charge is -2.21. The molecule has 0 aromatic rings. The number of rotatable bonds is 4. The van der Waals surface area contributed by atoms with E-state index in [4.69, 9.17) is 0 Å². The first kappa shape index (κ1) is 17.7. The van der Waals surface area contributed by atoms with Crippen LogP contribution in [-0.2, 0) is 4.79 Å². The molecule has 2 N–H and O–H groups in total. The zero-order chi connectivity index (χ0) is 12.7. The molecule has 1 rings (SSSR count). The Hall–Kier alpha value is -0.320. The van der Waals surface area contributed by atoms with E-state index in [9.17, 15) is 4.79 Å². The van der Waals surface area contributed by atoms with Gasteiger partial charge in [-0.1, -0.05) is 20.8 Å². The summed E-state index contributed by atoms with van der Waals surface area (Å²) >= 11 is 0. The Bertz CT molecular complexity index is 233. The van der Waals surface area contributed by atoms with Gasteiger partial charge in [-0.05, 0) is 31.3 Å². The third-order valence-corrected chi connectivity index (χ3v) is 3.00.